The molecule has 0 saturated heterocycles. The van der Waals surface area contributed by atoms with Crippen LogP contribution in [0.1, 0.15) is 42.5 Å². The summed E-state index contributed by atoms with van der Waals surface area (Å²) in [6, 6.07) is 5.47. The lowest BCUT2D eigenvalue weighted by Gasteiger charge is -2.12. The van der Waals surface area contributed by atoms with E-state index in [0.717, 1.165) is 11.1 Å². The zero-order valence-electron chi connectivity index (χ0n) is 16.8. The van der Waals surface area contributed by atoms with Gasteiger partial charge in [-0.1, -0.05) is 54.0 Å². The van der Waals surface area contributed by atoms with Crippen molar-refractivity contribution in [2.24, 2.45) is 10.3 Å². The van der Waals surface area contributed by atoms with Crippen LogP contribution in [0, 0.1) is 6.92 Å². The highest BCUT2D eigenvalue weighted by Gasteiger charge is 2.20. The van der Waals surface area contributed by atoms with Crippen molar-refractivity contribution in [2.75, 3.05) is 14.2 Å². The number of nitrogens with zero attached hydrogens (tertiary/aromatic N) is 3. The number of aryl methyl sites for hydroxylation is 1. The molecule has 1 aromatic carbocycles. The first-order valence-electron chi connectivity index (χ1n) is 8.54. The SMILES string of the molecule is CC.CO/N=C(/C(=O)OC)c1cccc(C)c1CO/N=C(\C)c1ncc(Cl)s1. The number of halogens is 1. The third-order valence-corrected chi connectivity index (χ3v) is 4.65. The Labute approximate surface area is 174 Å². The Balaban J connectivity index is 0.00000190. The van der Waals surface area contributed by atoms with E-state index in [2.05, 4.69) is 15.3 Å². The monoisotopic (exact) mass is 425 g/mol. The van der Waals surface area contributed by atoms with E-state index in [4.69, 9.17) is 26.0 Å². The number of carbonyl (C=O) groups is 1. The average Bonchev–Trinajstić information content (AvgIpc) is 3.15. The fraction of sp³-hybridized carbons (Fsp3) is 0.368. The summed E-state index contributed by atoms with van der Waals surface area (Å²) in [5, 5.41) is 8.54. The summed E-state index contributed by atoms with van der Waals surface area (Å²) in [6.45, 7) is 7.82. The first-order valence-corrected chi connectivity index (χ1v) is 9.74. The molecule has 0 radical (unpaired) electrons. The van der Waals surface area contributed by atoms with Crippen molar-refractivity contribution < 1.29 is 19.2 Å². The highest BCUT2D eigenvalue weighted by atomic mass is 35.5. The number of benzene rings is 1. The van der Waals surface area contributed by atoms with Crippen molar-refractivity contribution in [3.05, 3.63) is 50.4 Å². The first kappa shape index (κ1) is 23.6. The third-order valence-electron chi connectivity index (χ3n) is 3.42. The molecule has 2 rings (SSSR count). The number of ether oxygens (including phenoxy) is 1. The van der Waals surface area contributed by atoms with E-state index in [0.29, 0.717) is 20.6 Å². The summed E-state index contributed by atoms with van der Waals surface area (Å²) < 4.78 is 5.36. The second-order valence-corrected chi connectivity index (χ2v) is 6.80. The average molecular weight is 426 g/mol. The number of hydrogen-bond donors (Lipinski definition) is 0. The Kier molecular flexibility index (Phi) is 10.2. The van der Waals surface area contributed by atoms with Crippen molar-refractivity contribution in [2.45, 2.75) is 34.3 Å². The molecule has 0 aliphatic heterocycles. The zero-order chi connectivity index (χ0) is 21.1. The molecular formula is C19H24ClN3O4S. The lowest BCUT2D eigenvalue weighted by Crippen LogP contribution is -2.20. The summed E-state index contributed by atoms with van der Waals surface area (Å²) in [5.74, 6) is -0.601. The summed E-state index contributed by atoms with van der Waals surface area (Å²) in [6.07, 6.45) is 1.56. The Morgan fingerprint density at radius 3 is 2.54 bits per heavy atom. The van der Waals surface area contributed by atoms with Gasteiger partial charge in [0, 0.05) is 11.1 Å². The van der Waals surface area contributed by atoms with Crippen LogP contribution in [-0.2, 0) is 25.8 Å². The van der Waals surface area contributed by atoms with Crippen molar-refractivity contribution >= 4 is 40.3 Å². The second kappa shape index (κ2) is 12.1. The van der Waals surface area contributed by atoms with E-state index < -0.39 is 5.97 Å². The van der Waals surface area contributed by atoms with Gasteiger partial charge in [0.1, 0.15) is 28.8 Å². The van der Waals surface area contributed by atoms with Gasteiger partial charge in [-0.3, -0.25) is 0 Å². The van der Waals surface area contributed by atoms with Gasteiger partial charge in [0.2, 0.25) is 0 Å². The van der Waals surface area contributed by atoms with Crippen LogP contribution < -0.4 is 0 Å². The predicted molar refractivity (Wildman–Crippen MR) is 112 cm³/mol. The van der Waals surface area contributed by atoms with Crippen LogP contribution in [-0.4, -0.2) is 36.6 Å². The largest absolute Gasteiger partial charge is 0.464 e. The van der Waals surface area contributed by atoms with Gasteiger partial charge < -0.3 is 14.4 Å². The number of oxime groups is 2. The molecular weight excluding hydrogens is 402 g/mol. The smallest absolute Gasteiger partial charge is 0.360 e. The molecule has 0 spiro atoms. The molecule has 28 heavy (non-hydrogen) atoms. The summed E-state index contributed by atoms with van der Waals surface area (Å²) >= 11 is 7.19. The Bertz CT molecular complexity index is 849. The minimum absolute atomic E-state index is 0.0599. The quantitative estimate of drug-likeness (QED) is 0.368. The maximum Gasteiger partial charge on any atom is 0.360 e. The third kappa shape index (κ3) is 6.31. The number of esters is 1. The molecule has 0 N–H and O–H groups in total. The van der Waals surface area contributed by atoms with Crippen LogP contribution in [0.5, 0.6) is 0 Å². The number of rotatable bonds is 7. The lowest BCUT2D eigenvalue weighted by atomic mass is 9.99. The molecule has 1 heterocycles. The Morgan fingerprint density at radius 1 is 1.25 bits per heavy atom. The van der Waals surface area contributed by atoms with Crippen LogP contribution in [0.3, 0.4) is 0 Å². The predicted octanol–water partition coefficient (Wildman–Crippen LogP) is 4.60. The van der Waals surface area contributed by atoms with Crippen molar-refractivity contribution in [1.29, 1.82) is 0 Å². The maximum atomic E-state index is 12.0. The highest BCUT2D eigenvalue weighted by Crippen LogP contribution is 2.20. The van der Waals surface area contributed by atoms with Gasteiger partial charge in [-0.05, 0) is 19.4 Å². The second-order valence-electron chi connectivity index (χ2n) is 5.13. The van der Waals surface area contributed by atoms with E-state index >= 15 is 0 Å². The fourth-order valence-electron chi connectivity index (χ4n) is 2.15. The van der Waals surface area contributed by atoms with E-state index in [9.17, 15) is 4.79 Å². The molecule has 0 saturated carbocycles. The number of aromatic nitrogens is 1. The van der Waals surface area contributed by atoms with Gasteiger partial charge in [0.25, 0.3) is 0 Å². The van der Waals surface area contributed by atoms with E-state index in [1.165, 1.54) is 25.6 Å². The first-order chi connectivity index (χ1) is 13.5. The number of hydrogen-bond acceptors (Lipinski definition) is 8. The summed E-state index contributed by atoms with van der Waals surface area (Å²) in [4.78, 5) is 26.4. The highest BCUT2D eigenvalue weighted by molar-refractivity contribution is 7.17. The van der Waals surface area contributed by atoms with Gasteiger partial charge >= 0.3 is 5.97 Å². The minimum atomic E-state index is -0.601. The normalized spacial score (nSPS) is 11.4. The zero-order valence-corrected chi connectivity index (χ0v) is 18.3. The van der Waals surface area contributed by atoms with Crippen LogP contribution in [0.4, 0.5) is 0 Å². The topological polar surface area (TPSA) is 82.4 Å². The molecule has 0 amide bonds. The maximum absolute atomic E-state index is 12.0. The molecule has 2 aromatic rings. The van der Waals surface area contributed by atoms with Crippen molar-refractivity contribution in [3.8, 4) is 0 Å². The van der Waals surface area contributed by atoms with E-state index in [-0.39, 0.29) is 12.3 Å². The van der Waals surface area contributed by atoms with Crippen LogP contribution in [0.25, 0.3) is 0 Å². The Morgan fingerprint density at radius 2 is 1.96 bits per heavy atom. The minimum Gasteiger partial charge on any atom is -0.464 e. The van der Waals surface area contributed by atoms with Crippen LogP contribution in [0.2, 0.25) is 4.34 Å². The molecule has 9 heteroatoms. The number of thiazole rings is 1. The van der Waals surface area contributed by atoms with E-state index in [1.807, 2.05) is 32.9 Å². The summed E-state index contributed by atoms with van der Waals surface area (Å²) in [7, 11) is 2.65. The molecule has 0 fully saturated rings. The molecule has 7 nitrogen and oxygen atoms in total. The van der Waals surface area contributed by atoms with Crippen molar-refractivity contribution in [1.82, 2.24) is 4.98 Å². The number of carbonyl (C=O) groups excluding carboxylic acids is 1. The molecule has 152 valence electrons. The molecule has 0 aliphatic rings. The van der Waals surface area contributed by atoms with Gasteiger partial charge in [0.15, 0.2) is 5.71 Å². The lowest BCUT2D eigenvalue weighted by molar-refractivity contribution is -0.132. The van der Waals surface area contributed by atoms with Crippen molar-refractivity contribution in [3.63, 3.8) is 0 Å². The van der Waals surface area contributed by atoms with Gasteiger partial charge in [-0.2, -0.15) is 0 Å². The molecule has 0 unspecified atom stereocenters. The van der Waals surface area contributed by atoms with Crippen LogP contribution in [0.15, 0.2) is 34.7 Å². The van der Waals surface area contributed by atoms with E-state index in [1.54, 1.807) is 19.2 Å². The standard InChI is InChI=1S/C17H18ClN3O4S.C2H6/c1-10-6-5-7-12(15(21-24-4)17(22)23-3)13(10)9-25-20-11(2)16-19-8-14(18)26-16;1-2/h5-8H,9H2,1-4H3;1-2H3/b20-11+,21-15+;. The molecule has 1 aromatic heterocycles. The Hall–Kier alpha value is -2.45. The van der Waals surface area contributed by atoms with Crippen LogP contribution >= 0.6 is 22.9 Å². The fourth-order valence-corrected chi connectivity index (χ4v) is 3.00. The molecule has 0 aliphatic carbocycles. The van der Waals surface area contributed by atoms with Gasteiger partial charge in [-0.25, -0.2) is 9.78 Å². The summed E-state index contributed by atoms with van der Waals surface area (Å²) in [5.41, 5.74) is 2.90. The molecule has 0 atom stereocenters. The van der Waals surface area contributed by atoms with Gasteiger partial charge in [0.05, 0.1) is 13.3 Å². The molecule has 0 bridgehead atoms. The number of methoxy groups -OCH3 is 1. The van der Waals surface area contributed by atoms with Gasteiger partial charge in [-0.15, -0.1) is 11.3 Å².